The summed E-state index contributed by atoms with van der Waals surface area (Å²) in [4.78, 5) is 28.6. The van der Waals surface area contributed by atoms with Crippen LogP contribution < -0.4 is 5.32 Å². The summed E-state index contributed by atoms with van der Waals surface area (Å²) < 4.78 is 146. The van der Waals surface area contributed by atoms with Gasteiger partial charge in [0.1, 0.15) is 35.6 Å². The van der Waals surface area contributed by atoms with Gasteiger partial charge in [0, 0.05) is 17.6 Å². The summed E-state index contributed by atoms with van der Waals surface area (Å²) >= 11 is 6.34. The molecule has 1 saturated heterocycles. The number of anilines is 1. The number of aliphatic hydroxyl groups excluding tert-OH is 2. The van der Waals surface area contributed by atoms with E-state index in [4.69, 9.17) is 25.4 Å². The van der Waals surface area contributed by atoms with Gasteiger partial charge in [0.15, 0.2) is 37.5 Å². The zero-order valence-electron chi connectivity index (χ0n) is 28.8. The molecule has 3 heterocycles. The number of nitrogens with zero attached hydrogens (tertiary/aromatic N) is 3. The van der Waals surface area contributed by atoms with E-state index in [1.165, 1.54) is 16.8 Å². The molecule has 0 amide bonds. The van der Waals surface area contributed by atoms with Gasteiger partial charge < -0.3 is 34.3 Å². The maximum absolute atomic E-state index is 13.6. The van der Waals surface area contributed by atoms with Crippen LogP contribution in [0.4, 0.5) is 32.0 Å². The van der Waals surface area contributed by atoms with Crippen molar-refractivity contribution >= 4 is 57.7 Å². The Balaban J connectivity index is 1.17. The van der Waals surface area contributed by atoms with Crippen LogP contribution in [-0.4, -0.2) is 102 Å². The van der Waals surface area contributed by atoms with Crippen LogP contribution in [0.2, 0.25) is 5.15 Å². The van der Waals surface area contributed by atoms with Crippen LogP contribution in [-0.2, 0) is 47.2 Å². The molecule has 2 aromatic rings. The fraction of sp³-hybridized carbons (Fsp3) is 0.677. The Morgan fingerprint density at radius 3 is 2.04 bits per heavy atom. The van der Waals surface area contributed by atoms with Gasteiger partial charge in [-0.05, 0) is 44.6 Å². The number of fused-ring (bicyclic) bond motifs is 1. The third-order valence-electron chi connectivity index (χ3n) is 10.3. The first-order valence-corrected chi connectivity index (χ1v) is 20.9. The van der Waals surface area contributed by atoms with E-state index < -0.39 is 128 Å². The molecule has 0 bridgehead atoms. The zero-order chi connectivity index (χ0) is 41.1. The van der Waals surface area contributed by atoms with E-state index >= 15 is 0 Å². The molecular formula is C31H34ClF6N4O12PS. The number of carbonyl (C=O) groups excluding carboxylic acids is 2. The summed E-state index contributed by atoms with van der Waals surface area (Å²) in [5, 5.41) is 35.1. The second-order valence-corrected chi connectivity index (χ2v) is 19.0. The van der Waals surface area contributed by atoms with E-state index in [0.717, 1.165) is 25.7 Å². The first-order valence-electron chi connectivity index (χ1n) is 17.0. The van der Waals surface area contributed by atoms with E-state index in [2.05, 4.69) is 19.8 Å². The maximum Gasteiger partial charge on any atom is 0.404 e. The van der Waals surface area contributed by atoms with Gasteiger partial charge in [-0.15, -0.1) is 0 Å². The topological polar surface area (TPSA) is 226 Å². The highest BCUT2D eigenvalue weighted by Gasteiger charge is 2.70. The van der Waals surface area contributed by atoms with Gasteiger partial charge in [0.2, 0.25) is 13.6 Å². The van der Waals surface area contributed by atoms with Crippen molar-refractivity contribution in [2.24, 2.45) is 10.8 Å². The lowest BCUT2D eigenvalue weighted by atomic mass is 10.1. The molecule has 4 aliphatic rings. The molecule has 3 N–H and O–H groups in total. The maximum atomic E-state index is 13.6. The van der Waals surface area contributed by atoms with Gasteiger partial charge in [-0.3, -0.25) is 23.2 Å². The van der Waals surface area contributed by atoms with Crippen LogP contribution in [0.1, 0.15) is 63.2 Å². The number of ether oxygens (including phenoxy) is 3. The standard InChI is InChI=1S/C31H34ClF6N4O12PS/c32-23-18(11-39)20(40-16-3-1-2-4-16)17-5-10-42(24(17)41-23)25-22(44)21(43)19(54-25)12-56(48,49)15-55(47,52-13-50-26(45)28(6-7-28)30(33,34)35)53-14-51-27(46)29(8-9-29)31(36,37)38/h5,10,16,19,21-22,25,43-44H,1-4,6-9,12-15H2,(H,40,41)/t19-,21-,22-,25-/m1/s1. The molecule has 4 atom stereocenters. The largest absolute Gasteiger partial charge is 0.437 e. The van der Waals surface area contributed by atoms with Crippen LogP contribution in [0, 0.1) is 22.2 Å². The number of nitriles is 1. The summed E-state index contributed by atoms with van der Waals surface area (Å²) in [6.07, 6.45) is -14.6. The lowest BCUT2D eigenvalue weighted by Gasteiger charge is -2.22. The van der Waals surface area contributed by atoms with Crippen molar-refractivity contribution in [1.29, 1.82) is 5.26 Å². The van der Waals surface area contributed by atoms with Gasteiger partial charge in [-0.1, -0.05) is 24.4 Å². The lowest BCUT2D eigenvalue weighted by molar-refractivity contribution is -0.210. The third kappa shape index (κ3) is 8.21. The second kappa shape index (κ2) is 15.2. The molecule has 16 nitrogen and oxygen atoms in total. The Labute approximate surface area is 318 Å². The Morgan fingerprint density at radius 2 is 1.55 bits per heavy atom. The number of esters is 2. The van der Waals surface area contributed by atoms with Gasteiger partial charge in [-0.2, -0.15) is 31.6 Å². The number of nitrogens with one attached hydrogen (secondary N) is 1. The minimum absolute atomic E-state index is 0.0318. The molecule has 310 valence electrons. The van der Waals surface area contributed by atoms with Crippen LogP contribution >= 0.6 is 19.2 Å². The Bertz CT molecular complexity index is 2010. The summed E-state index contributed by atoms with van der Waals surface area (Å²) in [6.45, 7) is -3.15. The van der Waals surface area contributed by atoms with Crippen LogP contribution in [0.15, 0.2) is 12.3 Å². The van der Waals surface area contributed by atoms with Gasteiger partial charge in [0.25, 0.3) is 0 Å². The average molecular weight is 867 g/mol. The SMILES string of the molecule is N#Cc1c(Cl)nc2c(ccn2[C@@H]2O[C@H](CS(=O)(=O)CP(=O)(OCOC(=O)C3(C(F)(F)F)CC3)OCOC(=O)C3(C(F)(F)F)CC3)[C@@H](O)[C@H]2O)c1NC1CCCC1. The van der Waals surface area contributed by atoms with Crippen LogP contribution in [0.25, 0.3) is 11.0 Å². The number of hydrogen-bond donors (Lipinski definition) is 3. The quantitative estimate of drug-likeness (QED) is 0.0717. The van der Waals surface area contributed by atoms with Crippen LogP contribution in [0.5, 0.6) is 0 Å². The molecule has 6 rings (SSSR count). The highest BCUT2D eigenvalue weighted by atomic mass is 35.5. The summed E-state index contributed by atoms with van der Waals surface area (Å²) in [7, 11) is -10.2. The number of aliphatic hydroxyl groups is 2. The average Bonchev–Trinajstić information content (AvgIpc) is 3.98. The molecule has 1 aliphatic heterocycles. The Kier molecular flexibility index (Phi) is 11.5. The van der Waals surface area contributed by atoms with E-state index in [-0.39, 0.29) is 22.4 Å². The Morgan fingerprint density at radius 1 is 1.02 bits per heavy atom. The number of pyridine rings is 1. The normalized spacial score (nSPS) is 24.9. The zero-order valence-corrected chi connectivity index (χ0v) is 31.3. The molecule has 25 heteroatoms. The highest BCUT2D eigenvalue weighted by molar-refractivity contribution is 7.97. The lowest BCUT2D eigenvalue weighted by Crippen LogP contribution is -2.36. The van der Waals surface area contributed by atoms with E-state index in [1.54, 1.807) is 0 Å². The molecule has 0 unspecified atom stereocenters. The van der Waals surface area contributed by atoms with E-state index in [0.29, 0.717) is 11.1 Å². The Hall–Kier alpha value is -3.23. The number of hydrogen-bond acceptors (Lipinski definition) is 15. The molecule has 2 aromatic heterocycles. The van der Waals surface area contributed by atoms with Crippen molar-refractivity contribution in [3.05, 3.63) is 23.0 Å². The third-order valence-corrected chi connectivity index (χ3v) is 15.2. The van der Waals surface area contributed by atoms with Crippen LogP contribution in [0.3, 0.4) is 0 Å². The predicted octanol–water partition coefficient (Wildman–Crippen LogP) is 4.82. The molecule has 4 fully saturated rings. The monoisotopic (exact) mass is 866 g/mol. The predicted molar refractivity (Wildman–Crippen MR) is 177 cm³/mol. The minimum atomic E-state index is -5.29. The first kappa shape index (κ1) is 42.4. The van der Waals surface area contributed by atoms with E-state index in [9.17, 15) is 64.4 Å². The van der Waals surface area contributed by atoms with Crippen molar-refractivity contribution in [3.8, 4) is 6.07 Å². The van der Waals surface area contributed by atoms with Crippen molar-refractivity contribution < 1.29 is 82.4 Å². The fourth-order valence-corrected chi connectivity index (χ4v) is 11.1. The summed E-state index contributed by atoms with van der Waals surface area (Å²) in [5.41, 5.74) is -6.94. The van der Waals surface area contributed by atoms with Gasteiger partial charge >= 0.3 is 31.9 Å². The van der Waals surface area contributed by atoms with E-state index in [1.807, 2.05) is 6.07 Å². The van der Waals surface area contributed by atoms with Gasteiger partial charge in [0.05, 0.1) is 11.4 Å². The summed E-state index contributed by atoms with van der Waals surface area (Å²) in [6, 6.07) is 3.57. The minimum Gasteiger partial charge on any atom is -0.437 e. The number of rotatable bonds is 15. The second-order valence-electron chi connectivity index (χ2n) is 14.1. The molecule has 56 heavy (non-hydrogen) atoms. The molecule has 0 radical (unpaired) electrons. The number of halogens is 7. The number of sulfone groups is 1. The fourth-order valence-electron chi connectivity index (χ4n) is 6.68. The molecular weight excluding hydrogens is 833 g/mol. The van der Waals surface area contributed by atoms with Crippen molar-refractivity contribution in [2.75, 3.05) is 30.1 Å². The highest BCUT2D eigenvalue weighted by Crippen LogP contribution is 2.60. The number of carbonyl (C=O) groups is 2. The molecule has 0 aromatic carbocycles. The van der Waals surface area contributed by atoms with Crippen molar-refractivity contribution in [2.45, 2.75) is 94.3 Å². The molecule has 3 saturated carbocycles. The number of alkyl halides is 6. The van der Waals surface area contributed by atoms with Crippen molar-refractivity contribution in [3.63, 3.8) is 0 Å². The van der Waals surface area contributed by atoms with Gasteiger partial charge in [-0.25, -0.2) is 13.4 Å². The number of aromatic nitrogens is 2. The smallest absolute Gasteiger partial charge is 0.404 e. The molecule has 3 aliphatic carbocycles. The molecule has 0 spiro atoms. The summed E-state index contributed by atoms with van der Waals surface area (Å²) in [5.74, 6) is -4.91. The first-order chi connectivity index (χ1) is 26.1. The van der Waals surface area contributed by atoms with Crippen molar-refractivity contribution in [1.82, 2.24) is 9.55 Å².